The minimum atomic E-state index is -0.982. The Morgan fingerprint density at radius 3 is 2.75 bits per heavy atom. The van der Waals surface area contributed by atoms with E-state index in [0.717, 1.165) is 18.7 Å². The number of aromatic carboxylic acids is 1. The second-order valence-electron chi connectivity index (χ2n) is 4.64. The highest BCUT2D eigenvalue weighted by molar-refractivity contribution is 5.87. The zero-order chi connectivity index (χ0) is 11.3. The van der Waals surface area contributed by atoms with E-state index in [4.69, 9.17) is 5.11 Å². The van der Waals surface area contributed by atoms with Crippen LogP contribution in [-0.2, 0) is 13.0 Å². The molecule has 3 rings (SSSR count). The number of carbonyl (C=O) groups is 1. The fourth-order valence-electron chi connectivity index (χ4n) is 2.39. The van der Waals surface area contributed by atoms with Crippen molar-refractivity contribution in [1.82, 2.24) is 9.55 Å². The van der Waals surface area contributed by atoms with Crippen LogP contribution >= 0.6 is 0 Å². The molecule has 2 N–H and O–H groups in total. The number of carboxylic acids is 1. The van der Waals surface area contributed by atoms with Gasteiger partial charge in [0.2, 0.25) is 0 Å². The molecule has 2 aliphatic rings. The first-order chi connectivity index (χ1) is 7.66. The standard InChI is InChI=1S/C11H14N2O3/c14-7-3-4-13-8(5-7)9(11(15)16)12-10(13)6-1-2-6/h6-7,14H,1-5H2,(H,15,16). The van der Waals surface area contributed by atoms with Crippen molar-refractivity contribution >= 4 is 5.97 Å². The molecule has 1 saturated carbocycles. The monoisotopic (exact) mass is 222 g/mol. The molecule has 0 amide bonds. The summed E-state index contributed by atoms with van der Waals surface area (Å²) >= 11 is 0. The van der Waals surface area contributed by atoms with Crippen LogP contribution in [-0.4, -0.2) is 31.8 Å². The summed E-state index contributed by atoms with van der Waals surface area (Å²) in [6.07, 6.45) is 2.91. The first kappa shape index (κ1) is 9.84. The van der Waals surface area contributed by atoms with Gasteiger partial charge in [-0.3, -0.25) is 0 Å². The van der Waals surface area contributed by atoms with E-state index in [1.807, 2.05) is 4.57 Å². The quantitative estimate of drug-likeness (QED) is 0.774. The van der Waals surface area contributed by atoms with Crippen molar-refractivity contribution in [1.29, 1.82) is 0 Å². The molecule has 1 unspecified atom stereocenters. The first-order valence-corrected chi connectivity index (χ1v) is 5.67. The highest BCUT2D eigenvalue weighted by atomic mass is 16.4. The van der Waals surface area contributed by atoms with Gasteiger partial charge in [0.05, 0.1) is 11.8 Å². The van der Waals surface area contributed by atoms with Crippen LogP contribution < -0.4 is 0 Å². The molecule has 1 aromatic rings. The molecule has 0 radical (unpaired) electrons. The van der Waals surface area contributed by atoms with Crippen LogP contribution in [0.5, 0.6) is 0 Å². The van der Waals surface area contributed by atoms with Gasteiger partial charge in [0.15, 0.2) is 5.69 Å². The predicted molar refractivity (Wildman–Crippen MR) is 55.5 cm³/mol. The van der Waals surface area contributed by atoms with Crippen molar-refractivity contribution in [2.75, 3.05) is 0 Å². The normalized spacial score (nSPS) is 24.2. The fourth-order valence-corrected chi connectivity index (χ4v) is 2.39. The smallest absolute Gasteiger partial charge is 0.356 e. The van der Waals surface area contributed by atoms with Crippen LogP contribution in [0.15, 0.2) is 0 Å². The highest BCUT2D eigenvalue weighted by Crippen LogP contribution is 2.41. The van der Waals surface area contributed by atoms with Crippen LogP contribution in [0.2, 0.25) is 0 Å². The maximum absolute atomic E-state index is 11.1. The molecule has 1 aromatic heterocycles. The van der Waals surface area contributed by atoms with Crippen LogP contribution in [0.1, 0.15) is 47.2 Å². The molecule has 1 aliphatic heterocycles. The Morgan fingerprint density at radius 2 is 2.12 bits per heavy atom. The molecule has 5 heteroatoms. The Hall–Kier alpha value is -1.36. The zero-order valence-corrected chi connectivity index (χ0v) is 8.89. The summed E-state index contributed by atoms with van der Waals surface area (Å²) in [5, 5.41) is 18.7. The Balaban J connectivity index is 2.09. The third-order valence-corrected chi connectivity index (χ3v) is 3.36. The fraction of sp³-hybridized carbons (Fsp3) is 0.636. The average molecular weight is 222 g/mol. The summed E-state index contributed by atoms with van der Waals surface area (Å²) < 4.78 is 2.01. The lowest BCUT2D eigenvalue weighted by Crippen LogP contribution is -2.25. The lowest BCUT2D eigenvalue weighted by atomic mass is 10.1. The molecule has 2 heterocycles. The Morgan fingerprint density at radius 1 is 1.38 bits per heavy atom. The number of hydrogen-bond acceptors (Lipinski definition) is 3. The third kappa shape index (κ3) is 1.43. The van der Waals surface area contributed by atoms with E-state index in [-0.39, 0.29) is 5.69 Å². The van der Waals surface area contributed by atoms with Gasteiger partial charge in [-0.2, -0.15) is 0 Å². The molecule has 1 aliphatic carbocycles. The van der Waals surface area contributed by atoms with Crippen LogP contribution in [0.4, 0.5) is 0 Å². The molecule has 16 heavy (non-hydrogen) atoms. The number of carboxylic acid groups (broad SMARTS) is 1. The summed E-state index contributed by atoms with van der Waals surface area (Å²) in [4.78, 5) is 15.3. The third-order valence-electron chi connectivity index (χ3n) is 3.36. The molecule has 0 spiro atoms. The largest absolute Gasteiger partial charge is 0.476 e. The Kier molecular flexibility index (Phi) is 2.04. The van der Waals surface area contributed by atoms with E-state index >= 15 is 0 Å². The molecule has 86 valence electrons. The van der Waals surface area contributed by atoms with Gasteiger partial charge in [-0.25, -0.2) is 9.78 Å². The van der Waals surface area contributed by atoms with Crippen molar-refractivity contribution in [3.63, 3.8) is 0 Å². The second kappa shape index (κ2) is 3.31. The summed E-state index contributed by atoms with van der Waals surface area (Å²) in [7, 11) is 0. The molecular formula is C11H14N2O3. The average Bonchev–Trinajstić information content (AvgIpc) is 2.99. The SMILES string of the molecule is O=C(O)c1nc(C2CC2)n2c1CC(O)CC2. The van der Waals surface area contributed by atoms with Crippen molar-refractivity contribution in [3.05, 3.63) is 17.2 Å². The minimum absolute atomic E-state index is 0.139. The number of fused-ring (bicyclic) bond motifs is 1. The van der Waals surface area contributed by atoms with E-state index in [1.165, 1.54) is 0 Å². The Labute approximate surface area is 92.7 Å². The second-order valence-corrected chi connectivity index (χ2v) is 4.64. The first-order valence-electron chi connectivity index (χ1n) is 5.67. The summed E-state index contributed by atoms with van der Waals surface area (Å²) in [5.41, 5.74) is 0.841. The van der Waals surface area contributed by atoms with Crippen LogP contribution in [0.25, 0.3) is 0 Å². The van der Waals surface area contributed by atoms with E-state index in [1.54, 1.807) is 0 Å². The molecule has 0 aromatic carbocycles. The maximum atomic E-state index is 11.1. The van der Waals surface area contributed by atoms with Crippen molar-refractivity contribution in [2.24, 2.45) is 0 Å². The number of aromatic nitrogens is 2. The van der Waals surface area contributed by atoms with Gasteiger partial charge in [0.25, 0.3) is 0 Å². The summed E-state index contributed by atoms with van der Waals surface area (Å²) in [6, 6.07) is 0. The van der Waals surface area contributed by atoms with Crippen molar-refractivity contribution < 1.29 is 15.0 Å². The van der Waals surface area contributed by atoms with Gasteiger partial charge in [0.1, 0.15) is 5.82 Å². The van der Waals surface area contributed by atoms with Gasteiger partial charge in [-0.1, -0.05) is 0 Å². The van der Waals surface area contributed by atoms with E-state index in [2.05, 4.69) is 4.98 Å². The van der Waals surface area contributed by atoms with Crippen molar-refractivity contribution in [2.45, 2.75) is 44.2 Å². The molecular weight excluding hydrogens is 208 g/mol. The summed E-state index contributed by atoms with van der Waals surface area (Å²) in [5.74, 6) is 0.381. The molecule has 0 bridgehead atoms. The number of rotatable bonds is 2. The van der Waals surface area contributed by atoms with Crippen molar-refractivity contribution in [3.8, 4) is 0 Å². The van der Waals surface area contributed by atoms with Gasteiger partial charge in [0, 0.05) is 18.9 Å². The number of aliphatic hydroxyl groups excluding tert-OH is 1. The van der Waals surface area contributed by atoms with Gasteiger partial charge in [-0.05, 0) is 19.3 Å². The molecule has 1 fully saturated rings. The zero-order valence-electron chi connectivity index (χ0n) is 8.89. The number of imidazole rings is 1. The van der Waals surface area contributed by atoms with Crippen LogP contribution in [0.3, 0.4) is 0 Å². The molecule has 1 atom stereocenters. The van der Waals surface area contributed by atoms with E-state index < -0.39 is 12.1 Å². The van der Waals surface area contributed by atoms with E-state index in [0.29, 0.717) is 31.0 Å². The van der Waals surface area contributed by atoms with Gasteiger partial charge >= 0.3 is 5.97 Å². The lowest BCUT2D eigenvalue weighted by Gasteiger charge is -2.21. The predicted octanol–water partition coefficient (Wildman–Crippen LogP) is 0.766. The highest BCUT2D eigenvalue weighted by Gasteiger charge is 2.34. The van der Waals surface area contributed by atoms with Gasteiger partial charge in [-0.15, -0.1) is 0 Å². The number of aliphatic hydroxyl groups is 1. The molecule has 5 nitrogen and oxygen atoms in total. The van der Waals surface area contributed by atoms with E-state index in [9.17, 15) is 9.90 Å². The van der Waals surface area contributed by atoms with Gasteiger partial charge < -0.3 is 14.8 Å². The molecule has 0 saturated heterocycles. The number of hydrogen-bond donors (Lipinski definition) is 2. The maximum Gasteiger partial charge on any atom is 0.356 e. The van der Waals surface area contributed by atoms with Crippen LogP contribution in [0, 0.1) is 0 Å². The number of nitrogens with zero attached hydrogens (tertiary/aromatic N) is 2. The lowest BCUT2D eigenvalue weighted by molar-refractivity contribution is 0.0687. The Bertz CT molecular complexity index is 448. The minimum Gasteiger partial charge on any atom is -0.476 e. The topological polar surface area (TPSA) is 75.3 Å². The summed E-state index contributed by atoms with van der Waals surface area (Å²) in [6.45, 7) is 0.697.